The highest BCUT2D eigenvalue weighted by atomic mass is 16.5. The van der Waals surface area contributed by atoms with Crippen LogP contribution in [0.3, 0.4) is 0 Å². The number of aromatic nitrogens is 3. The van der Waals surface area contributed by atoms with Crippen molar-refractivity contribution in [3.05, 3.63) is 35.7 Å². The van der Waals surface area contributed by atoms with E-state index >= 15 is 0 Å². The van der Waals surface area contributed by atoms with Crippen molar-refractivity contribution < 1.29 is 9.26 Å². The molecule has 0 bridgehead atoms. The molecule has 2 heterocycles. The summed E-state index contributed by atoms with van der Waals surface area (Å²) in [5.41, 5.74) is 1.95. The molecule has 2 aromatic rings. The van der Waals surface area contributed by atoms with E-state index in [1.807, 2.05) is 13.8 Å². The molecule has 0 aliphatic carbocycles. The highest BCUT2D eigenvalue weighted by Gasteiger charge is 2.11. The average molecular weight is 219 g/mol. The van der Waals surface area contributed by atoms with Gasteiger partial charge in [-0.2, -0.15) is 0 Å². The molecule has 0 aromatic carbocycles. The van der Waals surface area contributed by atoms with Gasteiger partial charge in [-0.3, -0.25) is 0 Å². The number of rotatable bonds is 4. The fraction of sp³-hybridized carbons (Fsp3) is 0.364. The number of nitrogens with zero attached hydrogens (tertiary/aromatic N) is 3. The summed E-state index contributed by atoms with van der Waals surface area (Å²) in [4.78, 5) is 7.75. The zero-order valence-electron chi connectivity index (χ0n) is 9.30. The summed E-state index contributed by atoms with van der Waals surface area (Å²) < 4.78 is 10.7. The minimum Gasteiger partial charge on any atom is -0.485 e. The SMILES string of the molecule is CCc1noc(C)c1COc1cncnc1. The summed E-state index contributed by atoms with van der Waals surface area (Å²) >= 11 is 0. The molecule has 0 radical (unpaired) electrons. The van der Waals surface area contributed by atoms with E-state index < -0.39 is 0 Å². The smallest absolute Gasteiger partial charge is 0.156 e. The lowest BCUT2D eigenvalue weighted by Crippen LogP contribution is -1.99. The summed E-state index contributed by atoms with van der Waals surface area (Å²) in [6, 6.07) is 0. The van der Waals surface area contributed by atoms with Gasteiger partial charge >= 0.3 is 0 Å². The van der Waals surface area contributed by atoms with E-state index in [4.69, 9.17) is 9.26 Å². The zero-order valence-corrected chi connectivity index (χ0v) is 9.30. The monoisotopic (exact) mass is 219 g/mol. The molecule has 0 spiro atoms. The summed E-state index contributed by atoms with van der Waals surface area (Å²) in [6.07, 6.45) is 5.55. The van der Waals surface area contributed by atoms with Crippen molar-refractivity contribution in [2.45, 2.75) is 26.9 Å². The Morgan fingerprint density at radius 1 is 1.31 bits per heavy atom. The molecule has 0 amide bonds. The maximum absolute atomic E-state index is 5.55. The molecule has 0 N–H and O–H groups in total. The summed E-state index contributed by atoms with van der Waals surface area (Å²) in [6.45, 7) is 4.35. The second-order valence-electron chi connectivity index (χ2n) is 3.38. The normalized spacial score (nSPS) is 10.4. The molecular formula is C11H13N3O2. The molecule has 0 saturated carbocycles. The molecule has 0 atom stereocenters. The standard InChI is InChI=1S/C11H13N3O2/c1-3-11-10(8(2)16-14-11)6-15-9-4-12-7-13-5-9/h4-5,7H,3,6H2,1-2H3. The van der Waals surface area contributed by atoms with Crippen molar-refractivity contribution in [2.75, 3.05) is 0 Å². The molecule has 0 unspecified atom stereocenters. The molecule has 5 heteroatoms. The van der Waals surface area contributed by atoms with Crippen LogP contribution >= 0.6 is 0 Å². The minimum atomic E-state index is 0.436. The van der Waals surface area contributed by atoms with Crippen LogP contribution in [0.5, 0.6) is 5.75 Å². The van der Waals surface area contributed by atoms with Crippen molar-refractivity contribution in [1.29, 1.82) is 0 Å². The highest BCUT2D eigenvalue weighted by Crippen LogP contribution is 2.16. The molecule has 0 aliphatic heterocycles. The minimum absolute atomic E-state index is 0.436. The number of aryl methyl sites for hydroxylation is 2. The van der Waals surface area contributed by atoms with Gasteiger partial charge in [0.05, 0.1) is 23.7 Å². The third-order valence-electron chi connectivity index (χ3n) is 2.32. The second kappa shape index (κ2) is 4.74. The predicted octanol–water partition coefficient (Wildman–Crippen LogP) is 1.91. The summed E-state index contributed by atoms with van der Waals surface area (Å²) in [5, 5.41) is 3.96. The molecular weight excluding hydrogens is 206 g/mol. The van der Waals surface area contributed by atoms with Crippen molar-refractivity contribution >= 4 is 0 Å². The quantitative estimate of drug-likeness (QED) is 0.786. The Labute approximate surface area is 93.5 Å². The van der Waals surface area contributed by atoms with E-state index in [0.717, 1.165) is 23.4 Å². The Hall–Kier alpha value is -1.91. The predicted molar refractivity (Wildman–Crippen MR) is 57.0 cm³/mol. The first-order chi connectivity index (χ1) is 7.81. The van der Waals surface area contributed by atoms with Crippen LogP contribution < -0.4 is 4.74 Å². The van der Waals surface area contributed by atoms with Crippen LogP contribution in [0.4, 0.5) is 0 Å². The Bertz CT molecular complexity index is 454. The number of ether oxygens (including phenoxy) is 1. The topological polar surface area (TPSA) is 61.0 Å². The van der Waals surface area contributed by atoms with E-state index in [2.05, 4.69) is 15.1 Å². The van der Waals surface area contributed by atoms with E-state index in [1.54, 1.807) is 12.4 Å². The Balaban J connectivity index is 2.07. The van der Waals surface area contributed by atoms with Crippen molar-refractivity contribution in [3.8, 4) is 5.75 Å². The second-order valence-corrected chi connectivity index (χ2v) is 3.38. The van der Waals surface area contributed by atoms with Gasteiger partial charge in [0, 0.05) is 0 Å². The van der Waals surface area contributed by atoms with E-state index in [9.17, 15) is 0 Å². The van der Waals surface area contributed by atoms with Gasteiger partial charge in [-0.05, 0) is 13.3 Å². The molecule has 0 aliphatic rings. The van der Waals surface area contributed by atoms with Gasteiger partial charge < -0.3 is 9.26 Å². The first-order valence-electron chi connectivity index (χ1n) is 5.13. The van der Waals surface area contributed by atoms with E-state index in [0.29, 0.717) is 12.4 Å². The third-order valence-corrected chi connectivity index (χ3v) is 2.32. The molecule has 84 valence electrons. The average Bonchev–Trinajstić information content (AvgIpc) is 2.69. The first kappa shape index (κ1) is 10.6. The lowest BCUT2D eigenvalue weighted by Gasteiger charge is -2.04. The van der Waals surface area contributed by atoms with Crippen LogP contribution in [-0.2, 0) is 13.0 Å². The van der Waals surface area contributed by atoms with Gasteiger partial charge in [0.2, 0.25) is 0 Å². The van der Waals surface area contributed by atoms with Crippen LogP contribution in [-0.4, -0.2) is 15.1 Å². The summed E-state index contributed by atoms with van der Waals surface area (Å²) in [7, 11) is 0. The lowest BCUT2D eigenvalue weighted by atomic mass is 10.2. The van der Waals surface area contributed by atoms with Crippen molar-refractivity contribution in [1.82, 2.24) is 15.1 Å². The molecule has 16 heavy (non-hydrogen) atoms. The maximum Gasteiger partial charge on any atom is 0.156 e. The maximum atomic E-state index is 5.55. The van der Waals surface area contributed by atoms with Gasteiger partial charge in [-0.1, -0.05) is 12.1 Å². The fourth-order valence-corrected chi connectivity index (χ4v) is 1.42. The number of hydrogen-bond acceptors (Lipinski definition) is 5. The van der Waals surface area contributed by atoms with Crippen molar-refractivity contribution in [2.24, 2.45) is 0 Å². The molecule has 5 nitrogen and oxygen atoms in total. The van der Waals surface area contributed by atoms with Crippen LogP contribution in [0, 0.1) is 6.92 Å². The van der Waals surface area contributed by atoms with Gasteiger partial charge in [-0.25, -0.2) is 9.97 Å². The van der Waals surface area contributed by atoms with Crippen LogP contribution in [0.15, 0.2) is 23.2 Å². The first-order valence-corrected chi connectivity index (χ1v) is 5.13. The molecule has 2 aromatic heterocycles. The largest absolute Gasteiger partial charge is 0.485 e. The molecule has 2 rings (SSSR count). The number of hydrogen-bond donors (Lipinski definition) is 0. The summed E-state index contributed by atoms with van der Waals surface area (Å²) in [5.74, 6) is 1.44. The van der Waals surface area contributed by atoms with Gasteiger partial charge in [0.1, 0.15) is 18.7 Å². The van der Waals surface area contributed by atoms with Crippen LogP contribution in [0.25, 0.3) is 0 Å². The Kier molecular flexibility index (Phi) is 3.14. The van der Waals surface area contributed by atoms with Crippen LogP contribution in [0.1, 0.15) is 23.9 Å². The van der Waals surface area contributed by atoms with Gasteiger partial charge in [0.25, 0.3) is 0 Å². The zero-order chi connectivity index (χ0) is 11.4. The van der Waals surface area contributed by atoms with E-state index in [1.165, 1.54) is 6.33 Å². The Morgan fingerprint density at radius 2 is 2.06 bits per heavy atom. The van der Waals surface area contributed by atoms with Gasteiger partial charge in [-0.15, -0.1) is 0 Å². The molecule has 0 fully saturated rings. The Morgan fingerprint density at radius 3 is 2.75 bits per heavy atom. The van der Waals surface area contributed by atoms with Crippen LogP contribution in [0.2, 0.25) is 0 Å². The molecule has 0 saturated heterocycles. The van der Waals surface area contributed by atoms with Gasteiger partial charge in [0.15, 0.2) is 5.75 Å². The third kappa shape index (κ3) is 2.18. The fourth-order valence-electron chi connectivity index (χ4n) is 1.42. The lowest BCUT2D eigenvalue weighted by molar-refractivity contribution is 0.299. The van der Waals surface area contributed by atoms with E-state index in [-0.39, 0.29) is 0 Å². The van der Waals surface area contributed by atoms with Crippen molar-refractivity contribution in [3.63, 3.8) is 0 Å². The highest BCUT2D eigenvalue weighted by molar-refractivity contribution is 5.22.